The fraction of sp³-hybridized carbons (Fsp3) is 0.900. The maximum atomic E-state index is 11.8. The second-order valence-corrected chi connectivity index (χ2v) is 5.22. The number of amides is 1. The summed E-state index contributed by atoms with van der Waals surface area (Å²) in [6.07, 6.45) is 3.12. The van der Waals surface area contributed by atoms with Gasteiger partial charge >= 0.3 is 0 Å². The van der Waals surface area contributed by atoms with Crippen LogP contribution in [0.25, 0.3) is 0 Å². The van der Waals surface area contributed by atoms with Gasteiger partial charge in [-0.25, -0.2) is 0 Å². The predicted octanol–water partition coefficient (Wildman–Crippen LogP) is 1.13. The fourth-order valence-corrected chi connectivity index (χ4v) is 2.99. The van der Waals surface area contributed by atoms with Crippen LogP contribution in [0.1, 0.15) is 19.3 Å². The summed E-state index contributed by atoms with van der Waals surface area (Å²) in [5.41, 5.74) is 0. The molecule has 2 aliphatic heterocycles. The van der Waals surface area contributed by atoms with E-state index in [0.29, 0.717) is 18.4 Å². The van der Waals surface area contributed by atoms with Crippen molar-refractivity contribution < 1.29 is 4.79 Å². The van der Waals surface area contributed by atoms with Gasteiger partial charge in [-0.1, -0.05) is 0 Å². The highest BCUT2D eigenvalue weighted by Gasteiger charge is 2.22. The van der Waals surface area contributed by atoms with E-state index >= 15 is 0 Å². The SMILES string of the molecule is Cl.O=C(CC1CCCN1)N1CCSCC1. The van der Waals surface area contributed by atoms with Gasteiger partial charge in [0.2, 0.25) is 5.91 Å². The van der Waals surface area contributed by atoms with E-state index in [4.69, 9.17) is 0 Å². The molecule has 0 saturated carbocycles. The summed E-state index contributed by atoms with van der Waals surface area (Å²) in [5, 5.41) is 3.37. The molecule has 1 atom stereocenters. The van der Waals surface area contributed by atoms with Crippen molar-refractivity contribution in [3.63, 3.8) is 0 Å². The first-order valence-electron chi connectivity index (χ1n) is 5.45. The lowest BCUT2D eigenvalue weighted by molar-refractivity contribution is -0.131. The van der Waals surface area contributed by atoms with Crippen LogP contribution in [0.4, 0.5) is 0 Å². The first-order valence-corrected chi connectivity index (χ1v) is 6.60. The molecule has 15 heavy (non-hydrogen) atoms. The number of nitrogens with one attached hydrogen (secondary N) is 1. The number of carbonyl (C=O) groups excluding carboxylic acids is 1. The Balaban J connectivity index is 0.00000112. The van der Waals surface area contributed by atoms with Crippen molar-refractivity contribution in [2.75, 3.05) is 31.1 Å². The van der Waals surface area contributed by atoms with Crippen LogP contribution in [-0.4, -0.2) is 48.0 Å². The van der Waals surface area contributed by atoms with Crippen LogP contribution in [0.15, 0.2) is 0 Å². The van der Waals surface area contributed by atoms with Gasteiger partial charge in [0.15, 0.2) is 0 Å². The molecule has 0 bridgehead atoms. The van der Waals surface area contributed by atoms with Gasteiger partial charge in [-0.05, 0) is 19.4 Å². The molecule has 1 amide bonds. The van der Waals surface area contributed by atoms with Gasteiger partial charge in [-0.2, -0.15) is 11.8 Å². The highest BCUT2D eigenvalue weighted by atomic mass is 35.5. The molecular weight excluding hydrogens is 232 g/mol. The number of carbonyl (C=O) groups is 1. The summed E-state index contributed by atoms with van der Waals surface area (Å²) in [6.45, 7) is 3.00. The van der Waals surface area contributed by atoms with Gasteiger partial charge in [-0.15, -0.1) is 12.4 Å². The molecule has 2 heterocycles. The average Bonchev–Trinajstić information content (AvgIpc) is 2.72. The van der Waals surface area contributed by atoms with Crippen LogP contribution in [0.3, 0.4) is 0 Å². The van der Waals surface area contributed by atoms with Gasteiger partial charge in [0, 0.05) is 37.1 Å². The Morgan fingerprint density at radius 3 is 2.73 bits per heavy atom. The molecule has 3 nitrogen and oxygen atoms in total. The smallest absolute Gasteiger partial charge is 0.224 e. The van der Waals surface area contributed by atoms with E-state index in [1.165, 1.54) is 12.8 Å². The van der Waals surface area contributed by atoms with E-state index in [2.05, 4.69) is 5.32 Å². The van der Waals surface area contributed by atoms with Crippen molar-refractivity contribution in [1.82, 2.24) is 10.2 Å². The minimum absolute atomic E-state index is 0. The molecule has 2 aliphatic rings. The zero-order valence-corrected chi connectivity index (χ0v) is 10.5. The van der Waals surface area contributed by atoms with Crippen LogP contribution in [0.5, 0.6) is 0 Å². The summed E-state index contributed by atoms with van der Waals surface area (Å²) < 4.78 is 0. The summed E-state index contributed by atoms with van der Waals surface area (Å²) in [7, 11) is 0. The lowest BCUT2D eigenvalue weighted by Crippen LogP contribution is -2.40. The Kier molecular flexibility index (Phi) is 5.79. The molecule has 0 aliphatic carbocycles. The summed E-state index contributed by atoms with van der Waals surface area (Å²) in [4.78, 5) is 13.9. The Bertz CT molecular complexity index is 204. The molecule has 2 fully saturated rings. The number of thioether (sulfide) groups is 1. The third-order valence-electron chi connectivity index (χ3n) is 2.95. The third-order valence-corrected chi connectivity index (χ3v) is 3.89. The van der Waals surface area contributed by atoms with Crippen molar-refractivity contribution in [2.45, 2.75) is 25.3 Å². The lowest BCUT2D eigenvalue weighted by atomic mass is 10.1. The molecule has 1 unspecified atom stereocenters. The van der Waals surface area contributed by atoms with Gasteiger partial charge in [0.1, 0.15) is 0 Å². The Morgan fingerprint density at radius 2 is 2.13 bits per heavy atom. The predicted molar refractivity (Wildman–Crippen MR) is 66.8 cm³/mol. The Morgan fingerprint density at radius 1 is 1.40 bits per heavy atom. The summed E-state index contributed by atoms with van der Waals surface area (Å²) in [5.74, 6) is 2.58. The van der Waals surface area contributed by atoms with E-state index in [-0.39, 0.29) is 12.4 Å². The number of rotatable bonds is 2. The molecule has 5 heteroatoms. The minimum Gasteiger partial charge on any atom is -0.341 e. The van der Waals surface area contributed by atoms with Crippen molar-refractivity contribution in [2.24, 2.45) is 0 Å². The Labute approximate surface area is 102 Å². The highest BCUT2D eigenvalue weighted by molar-refractivity contribution is 7.99. The molecule has 0 aromatic rings. The maximum Gasteiger partial charge on any atom is 0.224 e. The standard InChI is InChI=1S/C10H18N2OS.ClH/c13-10(8-9-2-1-3-11-9)12-4-6-14-7-5-12;/h9,11H,1-8H2;1H. The molecule has 2 saturated heterocycles. The van der Waals surface area contributed by atoms with E-state index in [9.17, 15) is 4.79 Å². The van der Waals surface area contributed by atoms with Crippen LogP contribution in [0.2, 0.25) is 0 Å². The zero-order valence-electron chi connectivity index (χ0n) is 8.91. The fourth-order valence-electron chi connectivity index (χ4n) is 2.08. The van der Waals surface area contributed by atoms with Crippen LogP contribution < -0.4 is 5.32 Å². The normalized spacial score (nSPS) is 26.1. The van der Waals surface area contributed by atoms with E-state index in [1.807, 2.05) is 16.7 Å². The largest absolute Gasteiger partial charge is 0.341 e. The van der Waals surface area contributed by atoms with Gasteiger partial charge < -0.3 is 10.2 Å². The summed E-state index contributed by atoms with van der Waals surface area (Å²) in [6, 6.07) is 0.456. The van der Waals surface area contributed by atoms with Gasteiger partial charge in [0.05, 0.1) is 0 Å². The molecule has 1 N–H and O–H groups in total. The first kappa shape index (κ1) is 13.1. The van der Waals surface area contributed by atoms with E-state index in [1.54, 1.807) is 0 Å². The lowest BCUT2D eigenvalue weighted by Gasteiger charge is -2.27. The number of hydrogen-bond donors (Lipinski definition) is 1. The number of hydrogen-bond acceptors (Lipinski definition) is 3. The average molecular weight is 251 g/mol. The summed E-state index contributed by atoms with van der Waals surface area (Å²) >= 11 is 1.95. The molecule has 0 aromatic heterocycles. The first-order chi connectivity index (χ1) is 6.86. The molecule has 0 aromatic carbocycles. The van der Waals surface area contributed by atoms with Crippen molar-refractivity contribution in [3.8, 4) is 0 Å². The topological polar surface area (TPSA) is 32.3 Å². The molecule has 88 valence electrons. The minimum atomic E-state index is 0. The van der Waals surface area contributed by atoms with Crippen LogP contribution in [0, 0.1) is 0 Å². The maximum absolute atomic E-state index is 11.8. The van der Waals surface area contributed by atoms with Crippen molar-refractivity contribution >= 4 is 30.1 Å². The van der Waals surface area contributed by atoms with Crippen molar-refractivity contribution in [3.05, 3.63) is 0 Å². The van der Waals surface area contributed by atoms with Gasteiger partial charge in [0.25, 0.3) is 0 Å². The van der Waals surface area contributed by atoms with E-state index < -0.39 is 0 Å². The second kappa shape index (κ2) is 6.61. The quantitative estimate of drug-likeness (QED) is 0.798. The zero-order chi connectivity index (χ0) is 9.80. The Hall–Kier alpha value is 0.0700. The molecule has 0 spiro atoms. The van der Waals surface area contributed by atoms with Crippen LogP contribution >= 0.6 is 24.2 Å². The second-order valence-electron chi connectivity index (χ2n) is 3.99. The monoisotopic (exact) mass is 250 g/mol. The van der Waals surface area contributed by atoms with E-state index in [0.717, 1.165) is 31.1 Å². The van der Waals surface area contributed by atoms with Gasteiger partial charge in [-0.3, -0.25) is 4.79 Å². The highest BCUT2D eigenvalue weighted by Crippen LogP contribution is 2.14. The third kappa shape index (κ3) is 3.85. The van der Waals surface area contributed by atoms with Crippen molar-refractivity contribution in [1.29, 1.82) is 0 Å². The molecule has 0 radical (unpaired) electrons. The van der Waals surface area contributed by atoms with Crippen LogP contribution in [-0.2, 0) is 4.79 Å². The number of halogens is 1. The number of nitrogens with zero attached hydrogens (tertiary/aromatic N) is 1. The molecule has 2 rings (SSSR count). The molecular formula is C10H19ClN2OS.